The maximum absolute atomic E-state index is 5.49. The number of nitrogens with one attached hydrogen (secondary N) is 3. The van der Waals surface area contributed by atoms with Crippen LogP contribution in [0, 0.1) is 5.41 Å². The summed E-state index contributed by atoms with van der Waals surface area (Å²) < 4.78 is 10.9. The molecule has 2 aliphatic heterocycles. The number of ether oxygens (including phenoxy) is 2. The Labute approximate surface area is 147 Å². The van der Waals surface area contributed by atoms with E-state index < -0.39 is 0 Å². The van der Waals surface area contributed by atoms with Gasteiger partial charge in [0, 0.05) is 36.8 Å². The van der Waals surface area contributed by atoms with E-state index in [1.165, 1.54) is 37.8 Å². The summed E-state index contributed by atoms with van der Waals surface area (Å²) in [6.07, 6.45) is 7.36. The lowest BCUT2D eigenvalue weighted by molar-refractivity contribution is 0.0740. The SMILES string of the molecule is c1cc2c(cc1-c1[nH]ncc1CNC1CNCC3(CCC3)C1)OCO2. The van der Waals surface area contributed by atoms with Gasteiger partial charge in [-0.05, 0) is 42.9 Å². The smallest absolute Gasteiger partial charge is 0.231 e. The van der Waals surface area contributed by atoms with E-state index in [-0.39, 0.29) is 0 Å². The fraction of sp³-hybridized carbons (Fsp3) is 0.526. The number of piperidine rings is 1. The zero-order valence-electron chi connectivity index (χ0n) is 14.3. The average Bonchev–Trinajstić information content (AvgIpc) is 3.27. The Morgan fingerprint density at radius 3 is 3.04 bits per heavy atom. The number of hydrogen-bond acceptors (Lipinski definition) is 5. The molecule has 3 heterocycles. The van der Waals surface area contributed by atoms with Gasteiger partial charge in [-0.1, -0.05) is 6.42 Å². The molecule has 1 aromatic carbocycles. The molecule has 2 fully saturated rings. The minimum Gasteiger partial charge on any atom is -0.454 e. The third-order valence-corrected chi connectivity index (χ3v) is 5.94. The first-order chi connectivity index (χ1) is 12.3. The van der Waals surface area contributed by atoms with Crippen LogP contribution in [0.15, 0.2) is 24.4 Å². The largest absolute Gasteiger partial charge is 0.454 e. The Bertz CT molecular complexity index is 769. The molecule has 132 valence electrons. The summed E-state index contributed by atoms with van der Waals surface area (Å²) in [5, 5.41) is 14.7. The van der Waals surface area contributed by atoms with Crippen LogP contribution in [0.25, 0.3) is 11.3 Å². The van der Waals surface area contributed by atoms with Crippen molar-refractivity contribution in [3.05, 3.63) is 30.0 Å². The lowest BCUT2D eigenvalue weighted by Gasteiger charge is -2.48. The van der Waals surface area contributed by atoms with Crippen LogP contribution in [-0.4, -0.2) is 36.1 Å². The summed E-state index contributed by atoms with van der Waals surface area (Å²) in [5.41, 5.74) is 3.88. The van der Waals surface area contributed by atoms with Crippen LogP contribution in [0.4, 0.5) is 0 Å². The Morgan fingerprint density at radius 1 is 1.24 bits per heavy atom. The Kier molecular flexibility index (Phi) is 3.68. The van der Waals surface area contributed by atoms with Gasteiger partial charge in [0.05, 0.1) is 11.9 Å². The van der Waals surface area contributed by atoms with Crippen LogP contribution in [0.5, 0.6) is 11.5 Å². The molecule has 1 spiro atoms. The molecule has 1 atom stereocenters. The van der Waals surface area contributed by atoms with Gasteiger partial charge in [0.15, 0.2) is 11.5 Å². The molecule has 1 aromatic heterocycles. The van der Waals surface area contributed by atoms with Gasteiger partial charge in [-0.25, -0.2) is 0 Å². The van der Waals surface area contributed by atoms with Crippen molar-refractivity contribution >= 4 is 0 Å². The molecule has 5 rings (SSSR count). The Balaban J connectivity index is 1.29. The van der Waals surface area contributed by atoms with E-state index in [2.05, 4.69) is 26.9 Å². The highest BCUT2D eigenvalue weighted by Crippen LogP contribution is 2.45. The van der Waals surface area contributed by atoms with Crippen molar-refractivity contribution < 1.29 is 9.47 Å². The first kappa shape index (κ1) is 15.2. The van der Waals surface area contributed by atoms with E-state index in [1.54, 1.807) is 0 Å². The minimum absolute atomic E-state index is 0.298. The van der Waals surface area contributed by atoms with Crippen molar-refractivity contribution in [2.75, 3.05) is 19.9 Å². The van der Waals surface area contributed by atoms with Gasteiger partial charge >= 0.3 is 0 Å². The zero-order valence-corrected chi connectivity index (χ0v) is 14.3. The summed E-state index contributed by atoms with van der Waals surface area (Å²) in [6, 6.07) is 6.57. The fourth-order valence-corrected chi connectivity index (χ4v) is 4.38. The monoisotopic (exact) mass is 340 g/mol. The Hall–Kier alpha value is -2.05. The van der Waals surface area contributed by atoms with E-state index in [0.717, 1.165) is 35.8 Å². The van der Waals surface area contributed by atoms with Crippen molar-refractivity contribution in [3.8, 4) is 22.8 Å². The highest BCUT2D eigenvalue weighted by atomic mass is 16.7. The predicted octanol–water partition coefficient (Wildman–Crippen LogP) is 2.43. The molecule has 6 heteroatoms. The van der Waals surface area contributed by atoms with Crippen LogP contribution in [0.3, 0.4) is 0 Å². The number of H-pyrrole nitrogens is 1. The number of aromatic amines is 1. The van der Waals surface area contributed by atoms with E-state index in [9.17, 15) is 0 Å². The average molecular weight is 340 g/mol. The molecular weight excluding hydrogens is 316 g/mol. The third kappa shape index (κ3) is 2.79. The summed E-state index contributed by atoms with van der Waals surface area (Å²) in [7, 11) is 0. The van der Waals surface area contributed by atoms with Crippen molar-refractivity contribution in [1.82, 2.24) is 20.8 Å². The maximum atomic E-state index is 5.49. The van der Waals surface area contributed by atoms with E-state index in [0.29, 0.717) is 18.2 Å². The summed E-state index contributed by atoms with van der Waals surface area (Å²) in [5.74, 6) is 1.61. The lowest BCUT2D eigenvalue weighted by Crippen LogP contribution is -2.54. The van der Waals surface area contributed by atoms with Gasteiger partial charge in [0.2, 0.25) is 6.79 Å². The predicted molar refractivity (Wildman–Crippen MR) is 94.5 cm³/mol. The van der Waals surface area contributed by atoms with Gasteiger partial charge in [0.1, 0.15) is 0 Å². The highest BCUT2D eigenvalue weighted by molar-refractivity contribution is 5.66. The second kappa shape index (κ2) is 6.04. The molecule has 1 aliphatic carbocycles. The Morgan fingerprint density at radius 2 is 2.16 bits per heavy atom. The molecule has 25 heavy (non-hydrogen) atoms. The van der Waals surface area contributed by atoms with Crippen LogP contribution < -0.4 is 20.1 Å². The standard InChI is InChI=1S/C19H24N4O2/c1-4-19(5-1)7-15(10-20-11-19)21-8-14-9-22-23-18(14)13-2-3-16-17(6-13)25-12-24-16/h2-3,6,9,15,20-21H,1,4-5,7-8,10-12H2,(H,22,23). The number of nitrogens with zero attached hydrogens (tertiary/aromatic N) is 1. The number of aromatic nitrogens is 2. The third-order valence-electron chi connectivity index (χ3n) is 5.94. The second-order valence-electron chi connectivity index (χ2n) is 7.60. The molecule has 6 nitrogen and oxygen atoms in total. The topological polar surface area (TPSA) is 71.2 Å². The summed E-state index contributed by atoms with van der Waals surface area (Å²) >= 11 is 0. The number of benzene rings is 1. The van der Waals surface area contributed by atoms with Gasteiger partial charge in [-0.3, -0.25) is 5.10 Å². The molecular formula is C19H24N4O2. The van der Waals surface area contributed by atoms with E-state index >= 15 is 0 Å². The van der Waals surface area contributed by atoms with Crippen LogP contribution >= 0.6 is 0 Å². The van der Waals surface area contributed by atoms with Crippen molar-refractivity contribution in [1.29, 1.82) is 0 Å². The van der Waals surface area contributed by atoms with Crippen molar-refractivity contribution in [2.24, 2.45) is 5.41 Å². The highest BCUT2D eigenvalue weighted by Gasteiger charge is 2.40. The van der Waals surface area contributed by atoms with Crippen LogP contribution in [0.1, 0.15) is 31.2 Å². The van der Waals surface area contributed by atoms with Gasteiger partial charge in [-0.15, -0.1) is 0 Å². The zero-order chi connectivity index (χ0) is 16.7. The summed E-state index contributed by atoms with van der Waals surface area (Å²) in [6.45, 7) is 3.37. The van der Waals surface area contributed by atoms with Crippen LogP contribution in [-0.2, 0) is 6.54 Å². The molecule has 1 saturated heterocycles. The number of hydrogen-bond donors (Lipinski definition) is 3. The molecule has 0 bridgehead atoms. The van der Waals surface area contributed by atoms with E-state index in [4.69, 9.17) is 9.47 Å². The van der Waals surface area contributed by atoms with Gasteiger partial charge < -0.3 is 20.1 Å². The molecule has 1 saturated carbocycles. The molecule has 3 N–H and O–H groups in total. The number of fused-ring (bicyclic) bond motifs is 1. The first-order valence-electron chi connectivity index (χ1n) is 9.18. The molecule has 1 unspecified atom stereocenters. The van der Waals surface area contributed by atoms with Gasteiger partial charge in [-0.2, -0.15) is 5.10 Å². The second-order valence-corrected chi connectivity index (χ2v) is 7.60. The van der Waals surface area contributed by atoms with Crippen LogP contribution in [0.2, 0.25) is 0 Å². The first-order valence-corrected chi connectivity index (χ1v) is 9.18. The quantitative estimate of drug-likeness (QED) is 0.797. The van der Waals surface area contributed by atoms with Gasteiger partial charge in [0.25, 0.3) is 0 Å². The normalized spacial score (nSPS) is 23.6. The lowest BCUT2D eigenvalue weighted by atomic mass is 9.64. The van der Waals surface area contributed by atoms with Crippen molar-refractivity contribution in [2.45, 2.75) is 38.3 Å². The minimum atomic E-state index is 0.298. The molecule has 0 radical (unpaired) electrons. The summed E-state index contributed by atoms with van der Waals surface area (Å²) in [4.78, 5) is 0. The fourth-order valence-electron chi connectivity index (χ4n) is 4.38. The van der Waals surface area contributed by atoms with Crippen molar-refractivity contribution in [3.63, 3.8) is 0 Å². The number of rotatable bonds is 4. The molecule has 0 amide bonds. The molecule has 2 aromatic rings. The molecule has 3 aliphatic rings. The van der Waals surface area contributed by atoms with E-state index in [1.807, 2.05) is 18.3 Å². The maximum Gasteiger partial charge on any atom is 0.231 e.